The summed E-state index contributed by atoms with van der Waals surface area (Å²) in [6, 6.07) is 1.79. The van der Waals surface area contributed by atoms with Crippen molar-refractivity contribution >= 4 is 10.2 Å². The van der Waals surface area contributed by atoms with Crippen LogP contribution in [0.5, 0.6) is 0 Å². The molecule has 2 N–H and O–H groups in total. The van der Waals surface area contributed by atoms with Crippen molar-refractivity contribution in [1.82, 2.24) is 24.1 Å². The molecule has 0 aromatic carbocycles. The SMILES string of the molecule is CCCNCCCN(C)S(=O)(=O)NCc1ccn(C)n1. The molecule has 116 valence electrons. The molecule has 7 nitrogen and oxygen atoms in total. The Kier molecular flexibility index (Phi) is 7.14. The summed E-state index contributed by atoms with van der Waals surface area (Å²) in [5.41, 5.74) is 0.703. The van der Waals surface area contributed by atoms with E-state index in [0.717, 1.165) is 25.9 Å². The first-order valence-electron chi connectivity index (χ1n) is 6.86. The molecule has 0 aliphatic heterocycles. The Morgan fingerprint density at radius 1 is 1.40 bits per heavy atom. The first kappa shape index (κ1) is 17.1. The number of hydrogen-bond donors (Lipinski definition) is 2. The topological polar surface area (TPSA) is 79.3 Å². The zero-order chi connectivity index (χ0) is 15.0. The number of aryl methyl sites for hydroxylation is 1. The minimum atomic E-state index is -3.44. The lowest BCUT2D eigenvalue weighted by Crippen LogP contribution is -2.39. The highest BCUT2D eigenvalue weighted by Crippen LogP contribution is 1.99. The number of hydrogen-bond acceptors (Lipinski definition) is 4. The third-order valence-corrected chi connectivity index (χ3v) is 4.38. The first-order chi connectivity index (χ1) is 9.45. The van der Waals surface area contributed by atoms with Crippen molar-refractivity contribution in [2.75, 3.05) is 26.7 Å². The Balaban J connectivity index is 2.31. The Bertz CT molecular complexity index is 486. The maximum atomic E-state index is 12.0. The van der Waals surface area contributed by atoms with Crippen LogP contribution in [-0.2, 0) is 23.8 Å². The lowest BCUT2D eigenvalue weighted by molar-refractivity contribution is 0.444. The summed E-state index contributed by atoms with van der Waals surface area (Å²) in [5, 5.41) is 7.38. The van der Waals surface area contributed by atoms with E-state index >= 15 is 0 Å². The second kappa shape index (κ2) is 8.35. The third-order valence-electron chi connectivity index (χ3n) is 2.87. The van der Waals surface area contributed by atoms with E-state index in [4.69, 9.17) is 0 Å². The van der Waals surface area contributed by atoms with Crippen molar-refractivity contribution in [3.63, 3.8) is 0 Å². The highest BCUT2D eigenvalue weighted by molar-refractivity contribution is 7.87. The monoisotopic (exact) mass is 303 g/mol. The van der Waals surface area contributed by atoms with Crippen LogP contribution in [0.4, 0.5) is 0 Å². The maximum absolute atomic E-state index is 12.0. The van der Waals surface area contributed by atoms with Gasteiger partial charge in [0.15, 0.2) is 0 Å². The molecule has 0 atom stereocenters. The number of rotatable bonds is 10. The molecule has 0 aliphatic carbocycles. The molecular formula is C12H25N5O2S. The van der Waals surface area contributed by atoms with Gasteiger partial charge >= 0.3 is 0 Å². The van der Waals surface area contributed by atoms with E-state index in [9.17, 15) is 8.42 Å². The average molecular weight is 303 g/mol. The molecule has 1 rings (SSSR count). The largest absolute Gasteiger partial charge is 0.317 e. The average Bonchev–Trinajstić information content (AvgIpc) is 2.82. The van der Waals surface area contributed by atoms with E-state index in [1.807, 2.05) is 0 Å². The quantitative estimate of drug-likeness (QED) is 0.600. The molecule has 20 heavy (non-hydrogen) atoms. The number of aromatic nitrogens is 2. The highest BCUT2D eigenvalue weighted by atomic mass is 32.2. The molecule has 0 aliphatic rings. The van der Waals surface area contributed by atoms with Gasteiger partial charge in [-0.1, -0.05) is 6.92 Å². The van der Waals surface area contributed by atoms with Gasteiger partial charge in [-0.05, 0) is 32.0 Å². The molecule has 0 amide bonds. The Hall–Kier alpha value is -0.960. The number of nitrogens with zero attached hydrogens (tertiary/aromatic N) is 3. The van der Waals surface area contributed by atoms with Crippen molar-refractivity contribution in [3.05, 3.63) is 18.0 Å². The predicted molar refractivity (Wildman–Crippen MR) is 79.4 cm³/mol. The van der Waals surface area contributed by atoms with Crippen molar-refractivity contribution in [2.24, 2.45) is 7.05 Å². The predicted octanol–water partition coefficient (Wildman–Crippen LogP) is 0.0760. The first-order valence-corrected chi connectivity index (χ1v) is 8.30. The van der Waals surface area contributed by atoms with Gasteiger partial charge in [0.1, 0.15) is 0 Å². The lowest BCUT2D eigenvalue weighted by atomic mass is 10.4. The van der Waals surface area contributed by atoms with Crippen molar-refractivity contribution in [2.45, 2.75) is 26.3 Å². The smallest absolute Gasteiger partial charge is 0.279 e. The van der Waals surface area contributed by atoms with E-state index in [1.54, 1.807) is 31.0 Å². The lowest BCUT2D eigenvalue weighted by Gasteiger charge is -2.17. The Morgan fingerprint density at radius 2 is 2.15 bits per heavy atom. The minimum Gasteiger partial charge on any atom is -0.317 e. The molecule has 0 bridgehead atoms. The van der Waals surface area contributed by atoms with Crippen molar-refractivity contribution in [3.8, 4) is 0 Å². The van der Waals surface area contributed by atoms with Crippen LogP contribution in [0, 0.1) is 0 Å². The molecule has 0 saturated heterocycles. The third kappa shape index (κ3) is 6.00. The molecule has 8 heteroatoms. The van der Waals surface area contributed by atoms with Gasteiger partial charge in [0.25, 0.3) is 10.2 Å². The summed E-state index contributed by atoms with van der Waals surface area (Å²) in [7, 11) is -0.0527. The molecule has 0 spiro atoms. The van der Waals surface area contributed by atoms with Crippen LogP contribution in [0.15, 0.2) is 12.3 Å². The van der Waals surface area contributed by atoms with E-state index in [0.29, 0.717) is 12.2 Å². The summed E-state index contributed by atoms with van der Waals surface area (Å²) in [4.78, 5) is 0. The van der Waals surface area contributed by atoms with Gasteiger partial charge in [-0.3, -0.25) is 4.68 Å². The van der Waals surface area contributed by atoms with Gasteiger partial charge in [-0.25, -0.2) is 0 Å². The second-order valence-corrected chi connectivity index (χ2v) is 6.59. The molecule has 0 unspecified atom stereocenters. The van der Waals surface area contributed by atoms with Crippen LogP contribution >= 0.6 is 0 Å². The molecule has 1 aromatic rings. The fraction of sp³-hybridized carbons (Fsp3) is 0.750. The van der Waals surface area contributed by atoms with Gasteiger partial charge in [-0.15, -0.1) is 0 Å². The highest BCUT2D eigenvalue weighted by Gasteiger charge is 2.16. The normalized spacial score (nSPS) is 12.2. The zero-order valence-electron chi connectivity index (χ0n) is 12.5. The van der Waals surface area contributed by atoms with E-state index < -0.39 is 10.2 Å². The summed E-state index contributed by atoms with van der Waals surface area (Å²) < 4.78 is 29.5. The Labute approximate surface area is 121 Å². The Morgan fingerprint density at radius 3 is 2.75 bits per heavy atom. The van der Waals surface area contributed by atoms with Gasteiger partial charge in [0.2, 0.25) is 0 Å². The van der Waals surface area contributed by atoms with Crippen LogP contribution in [0.1, 0.15) is 25.5 Å². The van der Waals surface area contributed by atoms with Crippen LogP contribution < -0.4 is 10.0 Å². The van der Waals surface area contributed by atoms with Gasteiger partial charge in [0.05, 0.1) is 12.2 Å². The fourth-order valence-electron chi connectivity index (χ4n) is 1.68. The van der Waals surface area contributed by atoms with Crippen molar-refractivity contribution < 1.29 is 8.42 Å². The van der Waals surface area contributed by atoms with Crippen LogP contribution in [-0.4, -0.2) is 49.2 Å². The number of nitrogens with one attached hydrogen (secondary N) is 2. The summed E-state index contributed by atoms with van der Waals surface area (Å²) in [6.45, 7) is 4.60. The molecule has 0 radical (unpaired) electrons. The fourth-order valence-corrected chi connectivity index (χ4v) is 2.60. The summed E-state index contributed by atoms with van der Waals surface area (Å²) >= 11 is 0. The zero-order valence-corrected chi connectivity index (χ0v) is 13.3. The van der Waals surface area contributed by atoms with Gasteiger partial charge in [0, 0.05) is 26.8 Å². The molecule has 1 heterocycles. The van der Waals surface area contributed by atoms with Gasteiger partial charge < -0.3 is 5.32 Å². The summed E-state index contributed by atoms with van der Waals surface area (Å²) in [6.07, 6.45) is 3.66. The molecular weight excluding hydrogens is 278 g/mol. The van der Waals surface area contributed by atoms with Gasteiger partial charge in [-0.2, -0.15) is 22.5 Å². The minimum absolute atomic E-state index is 0.210. The summed E-state index contributed by atoms with van der Waals surface area (Å²) in [5.74, 6) is 0. The molecule has 0 fully saturated rings. The van der Waals surface area contributed by atoms with E-state index in [1.165, 1.54) is 4.31 Å². The van der Waals surface area contributed by atoms with E-state index in [2.05, 4.69) is 22.1 Å². The van der Waals surface area contributed by atoms with E-state index in [-0.39, 0.29) is 6.54 Å². The van der Waals surface area contributed by atoms with Crippen LogP contribution in [0.25, 0.3) is 0 Å². The van der Waals surface area contributed by atoms with Crippen LogP contribution in [0.3, 0.4) is 0 Å². The van der Waals surface area contributed by atoms with Crippen LogP contribution in [0.2, 0.25) is 0 Å². The molecule has 1 aromatic heterocycles. The second-order valence-electron chi connectivity index (χ2n) is 4.73. The molecule has 0 saturated carbocycles. The van der Waals surface area contributed by atoms with Crippen molar-refractivity contribution in [1.29, 1.82) is 0 Å². The maximum Gasteiger partial charge on any atom is 0.279 e. The standard InChI is InChI=1S/C12H25N5O2S/c1-4-7-13-8-5-9-17(3)20(18,19)14-11-12-6-10-16(2)15-12/h6,10,13-14H,4-5,7-9,11H2,1-3H3.